The summed E-state index contributed by atoms with van der Waals surface area (Å²) < 4.78 is 9.14. The van der Waals surface area contributed by atoms with Crippen LogP contribution >= 0.6 is 34.8 Å². The summed E-state index contributed by atoms with van der Waals surface area (Å²) in [6, 6.07) is 22.2. The zero-order chi connectivity index (χ0) is 25.3. The molecule has 0 radical (unpaired) electrons. The summed E-state index contributed by atoms with van der Waals surface area (Å²) in [5.41, 5.74) is 3.11. The van der Waals surface area contributed by atoms with E-state index < -0.39 is 9.96 Å². The maximum atomic E-state index is 12.9. The second-order valence-electron chi connectivity index (χ2n) is 7.98. The van der Waals surface area contributed by atoms with Crippen LogP contribution in [0.4, 0.5) is 5.69 Å². The predicted molar refractivity (Wildman–Crippen MR) is 145 cm³/mol. The van der Waals surface area contributed by atoms with Gasteiger partial charge >= 0.3 is 0 Å². The van der Waals surface area contributed by atoms with E-state index in [0.29, 0.717) is 17.0 Å². The number of hydrogen-bond donors (Lipinski definition) is 2. The minimum Gasteiger partial charge on any atom is -0.497 e. The van der Waals surface area contributed by atoms with E-state index in [0.717, 1.165) is 36.3 Å². The van der Waals surface area contributed by atoms with Gasteiger partial charge in [-0.3, -0.25) is 4.79 Å². The Kier molecular flexibility index (Phi) is 9.96. The molecule has 186 valence electrons. The van der Waals surface area contributed by atoms with E-state index in [1.807, 2.05) is 36.4 Å². The van der Waals surface area contributed by atoms with Crippen LogP contribution in [-0.4, -0.2) is 29.6 Å². The number of alkyl halides is 3. The molecule has 0 aliphatic carbocycles. The SMILES string of the molecule is CCCCCOc1ccc(-c2ccc(C(=O)NC(Nc3ccc(OC)cc3)C(Cl)(Cl)Cl)cc2)cc1. The Morgan fingerprint density at radius 1 is 0.857 bits per heavy atom. The lowest BCUT2D eigenvalue weighted by molar-refractivity contribution is 0.0942. The molecule has 1 amide bonds. The van der Waals surface area contributed by atoms with Crippen molar-refractivity contribution >= 4 is 46.4 Å². The molecule has 1 atom stereocenters. The molecule has 2 N–H and O–H groups in total. The number of amides is 1. The van der Waals surface area contributed by atoms with E-state index >= 15 is 0 Å². The minimum absolute atomic E-state index is 0.371. The Bertz CT molecular complexity index is 1070. The van der Waals surface area contributed by atoms with Gasteiger partial charge in [0.2, 0.25) is 3.79 Å². The molecule has 35 heavy (non-hydrogen) atoms. The number of rotatable bonds is 11. The van der Waals surface area contributed by atoms with E-state index in [9.17, 15) is 4.79 Å². The Morgan fingerprint density at radius 2 is 1.43 bits per heavy atom. The van der Waals surface area contributed by atoms with Crippen molar-refractivity contribution in [3.63, 3.8) is 0 Å². The highest BCUT2D eigenvalue weighted by molar-refractivity contribution is 6.68. The molecule has 0 aromatic heterocycles. The van der Waals surface area contributed by atoms with Gasteiger partial charge in [0.05, 0.1) is 13.7 Å². The van der Waals surface area contributed by atoms with Gasteiger partial charge in [0, 0.05) is 11.3 Å². The molecule has 3 aromatic rings. The molecule has 0 bridgehead atoms. The third-order valence-electron chi connectivity index (χ3n) is 5.36. The van der Waals surface area contributed by atoms with Gasteiger partial charge in [0.1, 0.15) is 17.7 Å². The number of hydrogen-bond acceptors (Lipinski definition) is 4. The van der Waals surface area contributed by atoms with Crippen molar-refractivity contribution in [3.05, 3.63) is 78.4 Å². The maximum Gasteiger partial charge on any atom is 0.252 e. The molecule has 3 aromatic carbocycles. The van der Waals surface area contributed by atoms with Crippen molar-refractivity contribution in [2.45, 2.75) is 36.1 Å². The zero-order valence-electron chi connectivity index (χ0n) is 19.7. The molecule has 0 saturated heterocycles. The monoisotopic (exact) mass is 534 g/mol. The van der Waals surface area contributed by atoms with E-state index in [2.05, 4.69) is 17.6 Å². The minimum atomic E-state index is -1.78. The molecule has 8 heteroatoms. The van der Waals surface area contributed by atoms with E-state index in [-0.39, 0.29) is 5.91 Å². The van der Waals surface area contributed by atoms with Crippen molar-refractivity contribution in [2.75, 3.05) is 19.0 Å². The van der Waals surface area contributed by atoms with Crippen LogP contribution in [0.2, 0.25) is 0 Å². The third kappa shape index (κ3) is 8.24. The average molecular weight is 536 g/mol. The second-order valence-corrected chi connectivity index (χ2v) is 10.3. The number of ether oxygens (including phenoxy) is 2. The molecule has 5 nitrogen and oxygen atoms in total. The standard InChI is InChI=1S/C27H29Cl3N2O3/c1-3-4-5-18-35-24-14-10-20(11-15-24)19-6-8-21(9-7-19)25(33)32-26(27(28,29)30)31-22-12-16-23(34-2)17-13-22/h6-17,26,31H,3-5,18H2,1-2H3,(H,32,33). The smallest absolute Gasteiger partial charge is 0.252 e. The molecular weight excluding hydrogens is 507 g/mol. The van der Waals surface area contributed by atoms with Crippen molar-refractivity contribution < 1.29 is 14.3 Å². The molecular formula is C27H29Cl3N2O3. The van der Waals surface area contributed by atoms with Crippen molar-refractivity contribution in [1.29, 1.82) is 0 Å². The predicted octanol–water partition coefficient (Wildman–Crippen LogP) is 7.47. The number of anilines is 1. The van der Waals surface area contributed by atoms with Crippen LogP contribution in [0.1, 0.15) is 36.5 Å². The van der Waals surface area contributed by atoms with Crippen LogP contribution in [-0.2, 0) is 0 Å². The fourth-order valence-corrected chi connectivity index (χ4v) is 3.70. The van der Waals surface area contributed by atoms with Gasteiger partial charge in [0.25, 0.3) is 5.91 Å². The highest BCUT2D eigenvalue weighted by Gasteiger charge is 2.34. The van der Waals surface area contributed by atoms with Crippen molar-refractivity contribution in [2.24, 2.45) is 0 Å². The summed E-state index contributed by atoms with van der Waals surface area (Å²) >= 11 is 18.4. The van der Waals surface area contributed by atoms with Crippen LogP contribution in [0.25, 0.3) is 11.1 Å². The van der Waals surface area contributed by atoms with Gasteiger partial charge in [-0.2, -0.15) is 0 Å². The summed E-state index contributed by atoms with van der Waals surface area (Å²) in [7, 11) is 1.58. The topological polar surface area (TPSA) is 59.6 Å². The van der Waals surface area contributed by atoms with Crippen molar-refractivity contribution in [1.82, 2.24) is 5.32 Å². The third-order valence-corrected chi connectivity index (χ3v) is 6.01. The van der Waals surface area contributed by atoms with E-state index in [1.165, 1.54) is 6.42 Å². The first-order valence-electron chi connectivity index (χ1n) is 11.4. The number of benzene rings is 3. The number of methoxy groups -OCH3 is 1. The lowest BCUT2D eigenvalue weighted by Crippen LogP contribution is -2.49. The lowest BCUT2D eigenvalue weighted by Gasteiger charge is -2.27. The van der Waals surface area contributed by atoms with E-state index in [4.69, 9.17) is 44.3 Å². The van der Waals surface area contributed by atoms with Gasteiger partial charge in [0.15, 0.2) is 0 Å². The summed E-state index contributed by atoms with van der Waals surface area (Å²) in [6.45, 7) is 2.89. The van der Waals surface area contributed by atoms with Gasteiger partial charge in [-0.05, 0) is 66.1 Å². The van der Waals surface area contributed by atoms with Crippen molar-refractivity contribution in [3.8, 4) is 22.6 Å². The summed E-state index contributed by atoms with van der Waals surface area (Å²) in [5, 5.41) is 5.79. The summed E-state index contributed by atoms with van der Waals surface area (Å²) in [5.74, 6) is 1.17. The number of nitrogens with one attached hydrogen (secondary N) is 2. The molecule has 0 aliphatic heterocycles. The van der Waals surface area contributed by atoms with Gasteiger partial charge in [-0.1, -0.05) is 78.8 Å². The Morgan fingerprint density at radius 3 is 1.97 bits per heavy atom. The van der Waals surface area contributed by atoms with Gasteiger partial charge < -0.3 is 20.1 Å². The fraction of sp³-hybridized carbons (Fsp3) is 0.296. The number of carbonyl (C=O) groups excluding carboxylic acids is 1. The molecule has 0 heterocycles. The quantitative estimate of drug-likeness (QED) is 0.152. The average Bonchev–Trinajstić information content (AvgIpc) is 2.86. The first-order chi connectivity index (χ1) is 16.8. The summed E-state index contributed by atoms with van der Waals surface area (Å²) in [4.78, 5) is 12.9. The lowest BCUT2D eigenvalue weighted by atomic mass is 10.0. The summed E-state index contributed by atoms with van der Waals surface area (Å²) in [6.07, 6.45) is 2.42. The second kappa shape index (κ2) is 12.9. The largest absolute Gasteiger partial charge is 0.497 e. The zero-order valence-corrected chi connectivity index (χ0v) is 22.0. The van der Waals surface area contributed by atoms with Gasteiger partial charge in [-0.25, -0.2) is 0 Å². The van der Waals surface area contributed by atoms with Crippen LogP contribution in [0, 0.1) is 0 Å². The molecule has 3 rings (SSSR count). The molecule has 0 fully saturated rings. The fourth-order valence-electron chi connectivity index (χ4n) is 3.37. The highest BCUT2D eigenvalue weighted by Crippen LogP contribution is 2.32. The number of halogens is 3. The van der Waals surface area contributed by atoms with E-state index in [1.54, 1.807) is 43.5 Å². The molecule has 0 spiro atoms. The number of unbranched alkanes of at least 4 members (excludes halogenated alkanes) is 2. The molecule has 0 aliphatic rings. The van der Waals surface area contributed by atoms with Crippen LogP contribution in [0.3, 0.4) is 0 Å². The maximum absolute atomic E-state index is 12.9. The number of carbonyl (C=O) groups is 1. The Hall–Kier alpha value is -2.60. The Balaban J connectivity index is 1.63. The normalized spacial score (nSPS) is 12.0. The molecule has 0 saturated carbocycles. The Labute approximate surface area is 221 Å². The first kappa shape index (κ1) is 27.0. The first-order valence-corrected chi connectivity index (χ1v) is 12.5. The highest BCUT2D eigenvalue weighted by atomic mass is 35.6. The van der Waals surface area contributed by atoms with Crippen LogP contribution < -0.4 is 20.1 Å². The van der Waals surface area contributed by atoms with Gasteiger partial charge in [-0.15, -0.1) is 0 Å². The van der Waals surface area contributed by atoms with Crippen LogP contribution in [0.5, 0.6) is 11.5 Å². The molecule has 1 unspecified atom stereocenters. The van der Waals surface area contributed by atoms with Crippen LogP contribution in [0.15, 0.2) is 72.8 Å².